The van der Waals surface area contributed by atoms with Gasteiger partial charge in [0.2, 0.25) is 0 Å². The summed E-state index contributed by atoms with van der Waals surface area (Å²) >= 11 is 0. The lowest BCUT2D eigenvalue weighted by Crippen LogP contribution is -2.10. The van der Waals surface area contributed by atoms with Gasteiger partial charge in [-0.05, 0) is 41.8 Å². The van der Waals surface area contributed by atoms with Gasteiger partial charge in [-0.25, -0.2) is 0 Å². The van der Waals surface area contributed by atoms with Crippen molar-refractivity contribution in [2.45, 2.75) is 12.3 Å². The summed E-state index contributed by atoms with van der Waals surface area (Å²) in [7, 11) is 9.49. The van der Waals surface area contributed by atoms with Crippen molar-refractivity contribution >= 4 is 5.78 Å². The zero-order chi connectivity index (χ0) is 24.4. The molecule has 0 heterocycles. The first-order chi connectivity index (χ1) is 16.5. The summed E-state index contributed by atoms with van der Waals surface area (Å²) in [6, 6.07) is 12.9. The number of carbonyl (C=O) groups excluding carboxylic acids is 1. The lowest BCUT2D eigenvalue weighted by molar-refractivity contribution is 0.103. The Morgan fingerprint density at radius 3 is 1.88 bits per heavy atom. The summed E-state index contributed by atoms with van der Waals surface area (Å²) in [5.41, 5.74) is 3.54. The smallest absolute Gasteiger partial charge is 0.197 e. The van der Waals surface area contributed by atoms with Crippen LogP contribution in [0.15, 0.2) is 42.5 Å². The van der Waals surface area contributed by atoms with Gasteiger partial charge in [-0.1, -0.05) is 6.07 Å². The Kier molecular flexibility index (Phi) is 6.54. The molecular weight excluding hydrogens is 436 g/mol. The summed E-state index contributed by atoms with van der Waals surface area (Å²) in [4.78, 5) is 14.0. The van der Waals surface area contributed by atoms with Gasteiger partial charge in [-0.15, -0.1) is 0 Å². The van der Waals surface area contributed by atoms with Gasteiger partial charge in [-0.3, -0.25) is 4.79 Å². The van der Waals surface area contributed by atoms with Gasteiger partial charge in [-0.2, -0.15) is 0 Å². The van der Waals surface area contributed by atoms with E-state index in [0.717, 1.165) is 16.7 Å². The van der Waals surface area contributed by atoms with Crippen LogP contribution in [0.3, 0.4) is 0 Å². The van der Waals surface area contributed by atoms with Crippen LogP contribution in [0.5, 0.6) is 34.5 Å². The molecule has 7 nitrogen and oxygen atoms in total. The van der Waals surface area contributed by atoms with Crippen molar-refractivity contribution in [3.8, 4) is 34.5 Å². The lowest BCUT2D eigenvalue weighted by Gasteiger charge is -2.22. The van der Waals surface area contributed by atoms with Gasteiger partial charge >= 0.3 is 0 Å². The van der Waals surface area contributed by atoms with E-state index in [4.69, 9.17) is 28.4 Å². The first-order valence-electron chi connectivity index (χ1n) is 10.8. The Balaban J connectivity index is 2.05. The molecule has 4 rings (SSSR count). The molecule has 0 radical (unpaired) electrons. The van der Waals surface area contributed by atoms with Crippen molar-refractivity contribution in [3.05, 3.63) is 70.3 Å². The van der Waals surface area contributed by atoms with E-state index in [1.165, 1.54) is 0 Å². The highest BCUT2D eigenvalue weighted by Gasteiger charge is 2.34. The number of benzene rings is 3. The second-order valence-electron chi connectivity index (χ2n) is 7.85. The zero-order valence-electron chi connectivity index (χ0n) is 20.2. The SMILES string of the molecule is COc1cc2c(c(OC)c1)C(=O)c1cc(OC)cc(OC)c1[C@@H](c1ccc(OC)c(OC)c1)C2. The minimum atomic E-state index is -0.224. The van der Waals surface area contributed by atoms with Crippen molar-refractivity contribution in [1.29, 1.82) is 0 Å². The second-order valence-corrected chi connectivity index (χ2v) is 7.85. The van der Waals surface area contributed by atoms with Crippen LogP contribution in [0.1, 0.15) is 38.5 Å². The molecule has 3 aromatic rings. The average Bonchev–Trinajstić information content (AvgIpc) is 3.01. The van der Waals surface area contributed by atoms with E-state index < -0.39 is 0 Å². The van der Waals surface area contributed by atoms with Crippen molar-refractivity contribution in [1.82, 2.24) is 0 Å². The second kappa shape index (κ2) is 9.55. The van der Waals surface area contributed by atoms with Gasteiger partial charge in [0.05, 0.1) is 48.2 Å². The number of ether oxygens (including phenoxy) is 6. The third kappa shape index (κ3) is 3.87. The first kappa shape index (κ1) is 23.3. The molecule has 0 fully saturated rings. The maximum Gasteiger partial charge on any atom is 0.197 e. The van der Waals surface area contributed by atoms with E-state index >= 15 is 0 Å². The molecule has 0 saturated carbocycles. The summed E-state index contributed by atoms with van der Waals surface area (Å²) < 4.78 is 33.3. The van der Waals surface area contributed by atoms with Gasteiger partial charge in [0, 0.05) is 29.2 Å². The van der Waals surface area contributed by atoms with Crippen LogP contribution in [0, 0.1) is 0 Å². The Bertz CT molecular complexity index is 1230. The van der Waals surface area contributed by atoms with E-state index in [-0.39, 0.29) is 11.7 Å². The first-order valence-corrected chi connectivity index (χ1v) is 10.8. The summed E-state index contributed by atoms with van der Waals surface area (Å²) in [5, 5.41) is 0. The molecule has 0 aliphatic heterocycles. The molecule has 0 N–H and O–H groups in total. The third-order valence-corrected chi connectivity index (χ3v) is 6.24. The maximum atomic E-state index is 14.0. The number of fused-ring (bicyclic) bond motifs is 2. The largest absolute Gasteiger partial charge is 0.497 e. The fourth-order valence-corrected chi connectivity index (χ4v) is 4.59. The molecule has 1 aliphatic carbocycles. The number of hydrogen-bond acceptors (Lipinski definition) is 7. The molecule has 0 aromatic heterocycles. The number of hydrogen-bond donors (Lipinski definition) is 0. The molecule has 0 saturated heterocycles. The third-order valence-electron chi connectivity index (χ3n) is 6.24. The Morgan fingerprint density at radius 2 is 1.26 bits per heavy atom. The predicted octanol–water partition coefficient (Wildman–Crippen LogP) is 4.66. The van der Waals surface area contributed by atoms with E-state index in [1.54, 1.807) is 60.9 Å². The lowest BCUT2D eigenvalue weighted by atomic mass is 9.84. The van der Waals surface area contributed by atoms with Crippen molar-refractivity contribution < 1.29 is 33.2 Å². The molecule has 178 valence electrons. The van der Waals surface area contributed by atoms with Gasteiger partial charge in [0.15, 0.2) is 17.3 Å². The van der Waals surface area contributed by atoms with Crippen LogP contribution in [0.25, 0.3) is 0 Å². The van der Waals surface area contributed by atoms with Crippen molar-refractivity contribution in [2.75, 3.05) is 42.7 Å². The Hall–Kier alpha value is -3.87. The fraction of sp³-hybridized carbons (Fsp3) is 0.296. The quantitative estimate of drug-likeness (QED) is 0.504. The molecule has 0 unspecified atom stereocenters. The van der Waals surface area contributed by atoms with E-state index in [1.807, 2.05) is 24.3 Å². The molecule has 0 bridgehead atoms. The number of methoxy groups -OCH3 is 6. The summed E-state index contributed by atoms with van der Waals surface area (Å²) in [6.45, 7) is 0. The van der Waals surface area contributed by atoms with Crippen LogP contribution < -0.4 is 28.4 Å². The Morgan fingerprint density at radius 1 is 0.647 bits per heavy atom. The zero-order valence-corrected chi connectivity index (χ0v) is 20.2. The summed E-state index contributed by atoms with van der Waals surface area (Å²) in [5.74, 6) is 3.02. The number of rotatable bonds is 7. The Labute approximate surface area is 199 Å². The van der Waals surface area contributed by atoms with Crippen LogP contribution in [-0.2, 0) is 6.42 Å². The fourth-order valence-electron chi connectivity index (χ4n) is 4.59. The molecule has 1 aliphatic rings. The summed E-state index contributed by atoms with van der Waals surface area (Å²) in [6.07, 6.45) is 0.514. The van der Waals surface area contributed by atoms with E-state index in [0.29, 0.717) is 52.0 Å². The van der Waals surface area contributed by atoms with Crippen molar-refractivity contribution in [2.24, 2.45) is 0 Å². The highest BCUT2D eigenvalue weighted by atomic mass is 16.5. The molecule has 34 heavy (non-hydrogen) atoms. The maximum absolute atomic E-state index is 14.0. The van der Waals surface area contributed by atoms with Crippen LogP contribution in [0.4, 0.5) is 0 Å². The predicted molar refractivity (Wildman–Crippen MR) is 128 cm³/mol. The van der Waals surface area contributed by atoms with Crippen LogP contribution >= 0.6 is 0 Å². The minimum absolute atomic E-state index is 0.162. The molecule has 7 heteroatoms. The van der Waals surface area contributed by atoms with Gasteiger partial charge in [0.25, 0.3) is 0 Å². The van der Waals surface area contributed by atoms with Gasteiger partial charge in [0.1, 0.15) is 23.0 Å². The monoisotopic (exact) mass is 464 g/mol. The number of ketones is 1. The molecule has 3 aromatic carbocycles. The van der Waals surface area contributed by atoms with E-state index in [2.05, 4.69) is 0 Å². The topological polar surface area (TPSA) is 72.5 Å². The normalized spacial score (nSPS) is 14.4. The van der Waals surface area contributed by atoms with Crippen LogP contribution in [-0.4, -0.2) is 48.4 Å². The van der Waals surface area contributed by atoms with E-state index in [9.17, 15) is 4.79 Å². The minimum Gasteiger partial charge on any atom is -0.497 e. The van der Waals surface area contributed by atoms with Crippen LogP contribution in [0.2, 0.25) is 0 Å². The van der Waals surface area contributed by atoms with Gasteiger partial charge < -0.3 is 28.4 Å². The number of carbonyl (C=O) groups is 1. The highest BCUT2D eigenvalue weighted by Crippen LogP contribution is 2.46. The highest BCUT2D eigenvalue weighted by molar-refractivity contribution is 6.14. The molecular formula is C27H28O7. The average molecular weight is 465 g/mol. The molecule has 1 atom stereocenters. The molecule has 0 spiro atoms. The standard InChI is InChI=1S/C27H28O7/c1-29-17-9-16-10-19(15-7-8-21(31-3)22(11-15)32-4)26-20(12-18(30-2)14-24(26)34-6)27(28)25(16)23(13-17)33-5/h7-9,11-14,19H,10H2,1-6H3/t19-/m1/s1. The molecule has 0 amide bonds. The van der Waals surface area contributed by atoms with Crippen molar-refractivity contribution in [3.63, 3.8) is 0 Å².